The second kappa shape index (κ2) is 9.14. The normalized spacial score (nSPS) is 10.8. The number of phenols is 1. The molecule has 0 saturated heterocycles. The maximum atomic E-state index is 12.0. The number of aryl methyl sites for hydroxylation is 1. The molecule has 0 aliphatic heterocycles. The van der Waals surface area contributed by atoms with Crippen LogP contribution in [0.4, 0.5) is 0 Å². The monoisotopic (exact) mass is 335 g/mol. The Kier molecular flexibility index (Phi) is 6.61. The summed E-state index contributed by atoms with van der Waals surface area (Å²) < 4.78 is 0. The van der Waals surface area contributed by atoms with Gasteiger partial charge in [0.2, 0.25) is 0 Å². The molecule has 0 bridgehead atoms. The number of rotatable bonds is 7. The van der Waals surface area contributed by atoms with Crippen molar-refractivity contribution in [2.75, 3.05) is 6.54 Å². The molecule has 2 aromatic carbocycles. The van der Waals surface area contributed by atoms with Crippen LogP contribution >= 0.6 is 0 Å². The van der Waals surface area contributed by atoms with Gasteiger partial charge in [-0.1, -0.05) is 36.4 Å². The van der Waals surface area contributed by atoms with E-state index in [1.165, 1.54) is 6.20 Å². The number of hydrogen-bond acceptors (Lipinski definition) is 4. The van der Waals surface area contributed by atoms with Gasteiger partial charge in [0, 0.05) is 19.3 Å². The van der Waals surface area contributed by atoms with E-state index in [1.807, 2.05) is 37.3 Å². The number of nitriles is 1. The summed E-state index contributed by atoms with van der Waals surface area (Å²) in [7, 11) is 0. The molecule has 0 aliphatic rings. The van der Waals surface area contributed by atoms with Crippen LogP contribution in [0.3, 0.4) is 0 Å². The average molecular weight is 335 g/mol. The van der Waals surface area contributed by atoms with Crippen molar-refractivity contribution in [1.29, 1.82) is 5.26 Å². The Labute approximate surface area is 147 Å². The molecule has 1 amide bonds. The zero-order valence-electron chi connectivity index (χ0n) is 14.1. The predicted molar refractivity (Wildman–Crippen MR) is 96.5 cm³/mol. The van der Waals surface area contributed by atoms with Crippen molar-refractivity contribution in [3.05, 3.63) is 77.0 Å². The number of nitrogens with one attached hydrogen (secondary N) is 2. The van der Waals surface area contributed by atoms with Crippen LogP contribution in [0.2, 0.25) is 0 Å². The molecule has 2 aromatic rings. The quantitative estimate of drug-likeness (QED) is 0.536. The first-order valence-corrected chi connectivity index (χ1v) is 8.04. The molecule has 25 heavy (non-hydrogen) atoms. The topological polar surface area (TPSA) is 85.2 Å². The number of aromatic hydroxyl groups is 1. The highest BCUT2D eigenvalue weighted by molar-refractivity contribution is 5.97. The number of nitrogens with zero attached hydrogens (tertiary/aromatic N) is 1. The summed E-state index contributed by atoms with van der Waals surface area (Å²) in [6.45, 7) is 2.99. The molecule has 5 nitrogen and oxygen atoms in total. The molecule has 0 unspecified atom stereocenters. The first kappa shape index (κ1) is 18.1. The van der Waals surface area contributed by atoms with Crippen molar-refractivity contribution >= 4 is 5.91 Å². The van der Waals surface area contributed by atoms with E-state index in [0.717, 1.165) is 16.7 Å². The van der Waals surface area contributed by atoms with Crippen molar-refractivity contribution in [2.24, 2.45) is 0 Å². The molecule has 3 N–H and O–H groups in total. The largest absolute Gasteiger partial charge is 0.508 e. The number of carbonyl (C=O) groups is 1. The fourth-order valence-corrected chi connectivity index (χ4v) is 2.30. The summed E-state index contributed by atoms with van der Waals surface area (Å²) >= 11 is 0. The van der Waals surface area contributed by atoms with Gasteiger partial charge >= 0.3 is 0 Å². The fraction of sp³-hybridized carbons (Fsp3) is 0.200. The molecular formula is C20H21N3O2. The van der Waals surface area contributed by atoms with Gasteiger partial charge in [-0.15, -0.1) is 0 Å². The molecule has 5 heteroatoms. The maximum absolute atomic E-state index is 12.0. The van der Waals surface area contributed by atoms with E-state index < -0.39 is 5.91 Å². The van der Waals surface area contributed by atoms with Crippen molar-refractivity contribution < 1.29 is 9.90 Å². The van der Waals surface area contributed by atoms with Gasteiger partial charge in [-0.2, -0.15) is 5.26 Å². The van der Waals surface area contributed by atoms with Gasteiger partial charge in [-0.05, 0) is 42.2 Å². The van der Waals surface area contributed by atoms with Gasteiger partial charge in [-0.3, -0.25) is 4.79 Å². The van der Waals surface area contributed by atoms with Crippen LogP contribution in [0.1, 0.15) is 16.7 Å². The summed E-state index contributed by atoms with van der Waals surface area (Å²) in [5.41, 5.74) is 3.31. The minimum atomic E-state index is -0.404. The molecule has 0 fully saturated rings. The molecule has 0 aliphatic carbocycles. The zero-order valence-corrected chi connectivity index (χ0v) is 14.1. The Hall–Kier alpha value is -3.26. The SMILES string of the molecule is Cc1ccccc1CN/C=C(/C#N)C(=O)NCCc1ccc(O)cc1. The molecule has 0 radical (unpaired) electrons. The third kappa shape index (κ3) is 5.70. The predicted octanol–water partition coefficient (Wildman–Crippen LogP) is 2.56. The molecular weight excluding hydrogens is 314 g/mol. The van der Waals surface area contributed by atoms with E-state index in [2.05, 4.69) is 10.6 Å². The molecule has 0 aromatic heterocycles. The molecule has 0 saturated carbocycles. The first-order chi connectivity index (χ1) is 12.1. The number of hydrogen-bond donors (Lipinski definition) is 3. The van der Waals surface area contributed by atoms with Crippen LogP contribution in [0.15, 0.2) is 60.3 Å². The average Bonchev–Trinajstić information content (AvgIpc) is 2.62. The highest BCUT2D eigenvalue weighted by Gasteiger charge is 2.08. The zero-order chi connectivity index (χ0) is 18.1. The Morgan fingerprint density at radius 3 is 2.60 bits per heavy atom. The lowest BCUT2D eigenvalue weighted by Crippen LogP contribution is -2.27. The van der Waals surface area contributed by atoms with E-state index in [0.29, 0.717) is 19.5 Å². The van der Waals surface area contributed by atoms with Crippen LogP contribution in [0.25, 0.3) is 0 Å². The van der Waals surface area contributed by atoms with Crippen LogP contribution < -0.4 is 10.6 Å². The highest BCUT2D eigenvalue weighted by atomic mass is 16.3. The minimum Gasteiger partial charge on any atom is -0.508 e. The van der Waals surface area contributed by atoms with Gasteiger partial charge in [0.1, 0.15) is 17.4 Å². The maximum Gasteiger partial charge on any atom is 0.263 e. The Morgan fingerprint density at radius 1 is 1.20 bits per heavy atom. The smallest absolute Gasteiger partial charge is 0.263 e. The van der Waals surface area contributed by atoms with Crippen LogP contribution in [-0.4, -0.2) is 17.6 Å². The second-order valence-corrected chi connectivity index (χ2v) is 5.65. The van der Waals surface area contributed by atoms with Gasteiger partial charge in [0.15, 0.2) is 0 Å². The lowest BCUT2D eigenvalue weighted by molar-refractivity contribution is -0.117. The van der Waals surface area contributed by atoms with Crippen LogP contribution in [-0.2, 0) is 17.8 Å². The van der Waals surface area contributed by atoms with Crippen LogP contribution in [0.5, 0.6) is 5.75 Å². The standard InChI is InChI=1S/C20H21N3O2/c1-15-4-2-3-5-17(15)13-22-14-18(12-21)20(25)23-11-10-16-6-8-19(24)9-7-16/h2-9,14,22,24H,10-11,13H2,1H3,(H,23,25)/b18-14-. The molecule has 2 rings (SSSR count). The Morgan fingerprint density at radius 2 is 1.92 bits per heavy atom. The number of benzene rings is 2. The van der Waals surface area contributed by atoms with Crippen molar-refractivity contribution in [3.8, 4) is 11.8 Å². The lowest BCUT2D eigenvalue weighted by atomic mass is 10.1. The fourth-order valence-electron chi connectivity index (χ4n) is 2.30. The first-order valence-electron chi connectivity index (χ1n) is 8.04. The molecule has 0 heterocycles. The summed E-state index contributed by atoms with van der Waals surface area (Å²) in [6, 6.07) is 16.7. The minimum absolute atomic E-state index is 0.0410. The van der Waals surface area contributed by atoms with E-state index in [1.54, 1.807) is 24.3 Å². The van der Waals surface area contributed by atoms with Crippen molar-refractivity contribution in [3.63, 3.8) is 0 Å². The highest BCUT2D eigenvalue weighted by Crippen LogP contribution is 2.09. The van der Waals surface area contributed by atoms with Crippen molar-refractivity contribution in [1.82, 2.24) is 10.6 Å². The second-order valence-electron chi connectivity index (χ2n) is 5.65. The number of carbonyl (C=O) groups excluding carboxylic acids is 1. The van der Waals surface area contributed by atoms with Gasteiger partial charge in [-0.25, -0.2) is 0 Å². The summed E-state index contributed by atoms with van der Waals surface area (Å²) in [5.74, 6) is -0.194. The van der Waals surface area contributed by atoms with Gasteiger partial charge in [0.05, 0.1) is 0 Å². The summed E-state index contributed by atoms with van der Waals surface area (Å²) in [4.78, 5) is 12.0. The van der Waals surface area contributed by atoms with E-state index in [9.17, 15) is 9.90 Å². The van der Waals surface area contributed by atoms with Gasteiger partial charge in [0.25, 0.3) is 5.91 Å². The number of amides is 1. The Bertz CT molecular complexity index is 789. The molecule has 0 atom stereocenters. The van der Waals surface area contributed by atoms with E-state index >= 15 is 0 Å². The van der Waals surface area contributed by atoms with E-state index in [-0.39, 0.29) is 11.3 Å². The third-order valence-electron chi connectivity index (χ3n) is 3.80. The van der Waals surface area contributed by atoms with Crippen molar-refractivity contribution in [2.45, 2.75) is 19.9 Å². The van der Waals surface area contributed by atoms with E-state index in [4.69, 9.17) is 5.26 Å². The Balaban J connectivity index is 1.82. The van der Waals surface area contributed by atoms with Crippen LogP contribution in [0, 0.1) is 18.3 Å². The number of phenolic OH excluding ortho intramolecular Hbond substituents is 1. The van der Waals surface area contributed by atoms with Gasteiger partial charge < -0.3 is 15.7 Å². The molecule has 0 spiro atoms. The lowest BCUT2D eigenvalue weighted by Gasteiger charge is -2.07. The summed E-state index contributed by atoms with van der Waals surface area (Å²) in [5, 5.41) is 24.1. The summed E-state index contributed by atoms with van der Waals surface area (Å²) in [6.07, 6.45) is 2.07. The molecule has 128 valence electrons. The third-order valence-corrected chi connectivity index (χ3v) is 3.80.